The minimum atomic E-state index is 0.418. The fourth-order valence-electron chi connectivity index (χ4n) is 2.12. The summed E-state index contributed by atoms with van der Waals surface area (Å²) >= 11 is 0. The third kappa shape index (κ3) is 2.76. The Bertz CT molecular complexity index is 329. The van der Waals surface area contributed by atoms with E-state index >= 15 is 0 Å². The van der Waals surface area contributed by atoms with Crippen LogP contribution in [-0.4, -0.2) is 13.2 Å². The molecule has 2 heteroatoms. The molecule has 1 aromatic carbocycles. The molecule has 2 atom stereocenters. The van der Waals surface area contributed by atoms with Crippen molar-refractivity contribution < 1.29 is 4.74 Å². The van der Waals surface area contributed by atoms with Gasteiger partial charge in [-0.25, -0.2) is 0 Å². The SMILES string of the molecule is COc1ccc([C@@H](C)NC(C)C2CC2)cc1. The van der Waals surface area contributed by atoms with Crippen molar-refractivity contribution in [3.63, 3.8) is 0 Å². The molecule has 1 N–H and O–H groups in total. The molecule has 1 aliphatic rings. The van der Waals surface area contributed by atoms with Gasteiger partial charge in [0.1, 0.15) is 5.75 Å². The van der Waals surface area contributed by atoms with Gasteiger partial charge in [0.2, 0.25) is 0 Å². The minimum Gasteiger partial charge on any atom is -0.497 e. The van der Waals surface area contributed by atoms with E-state index in [1.807, 2.05) is 12.1 Å². The maximum atomic E-state index is 5.16. The van der Waals surface area contributed by atoms with E-state index in [9.17, 15) is 0 Å². The molecule has 1 fully saturated rings. The lowest BCUT2D eigenvalue weighted by Gasteiger charge is -2.20. The number of methoxy groups -OCH3 is 1. The number of ether oxygens (including phenoxy) is 1. The summed E-state index contributed by atoms with van der Waals surface area (Å²) < 4.78 is 5.16. The molecule has 1 aromatic rings. The monoisotopic (exact) mass is 219 g/mol. The quantitative estimate of drug-likeness (QED) is 0.821. The summed E-state index contributed by atoms with van der Waals surface area (Å²) in [7, 11) is 1.70. The van der Waals surface area contributed by atoms with E-state index in [1.54, 1.807) is 7.11 Å². The number of benzene rings is 1. The normalized spacial score (nSPS) is 19.2. The molecule has 16 heavy (non-hydrogen) atoms. The standard InChI is InChI=1S/C14H21NO/c1-10(12-4-5-12)15-11(2)13-6-8-14(16-3)9-7-13/h6-12,15H,4-5H2,1-3H3/t10?,11-/m1/s1. The zero-order chi connectivity index (χ0) is 11.5. The van der Waals surface area contributed by atoms with E-state index in [1.165, 1.54) is 18.4 Å². The van der Waals surface area contributed by atoms with Crippen molar-refractivity contribution in [2.45, 2.75) is 38.8 Å². The van der Waals surface area contributed by atoms with E-state index in [-0.39, 0.29) is 0 Å². The predicted molar refractivity (Wildman–Crippen MR) is 66.7 cm³/mol. The molecular weight excluding hydrogens is 198 g/mol. The summed E-state index contributed by atoms with van der Waals surface area (Å²) in [6, 6.07) is 9.37. The Kier molecular flexibility index (Phi) is 3.49. The fourth-order valence-corrected chi connectivity index (χ4v) is 2.12. The number of hydrogen-bond donors (Lipinski definition) is 1. The highest BCUT2D eigenvalue weighted by Crippen LogP contribution is 2.33. The molecule has 0 heterocycles. The van der Waals surface area contributed by atoms with Gasteiger partial charge in [0.25, 0.3) is 0 Å². The number of rotatable bonds is 5. The second kappa shape index (κ2) is 4.88. The molecule has 0 saturated heterocycles. The van der Waals surface area contributed by atoms with Gasteiger partial charge in [-0.1, -0.05) is 12.1 Å². The molecular formula is C14H21NO. The van der Waals surface area contributed by atoms with Crippen molar-refractivity contribution in [1.29, 1.82) is 0 Å². The van der Waals surface area contributed by atoms with Gasteiger partial charge in [-0.3, -0.25) is 0 Å². The van der Waals surface area contributed by atoms with Crippen LogP contribution in [0, 0.1) is 5.92 Å². The van der Waals surface area contributed by atoms with Crippen LogP contribution in [0.4, 0.5) is 0 Å². The van der Waals surface area contributed by atoms with Crippen LogP contribution in [0.25, 0.3) is 0 Å². The Balaban J connectivity index is 1.93. The molecule has 1 aliphatic carbocycles. The summed E-state index contributed by atoms with van der Waals surface area (Å²) in [6.07, 6.45) is 2.78. The van der Waals surface area contributed by atoms with Gasteiger partial charge in [0, 0.05) is 12.1 Å². The first-order chi connectivity index (χ1) is 7.70. The van der Waals surface area contributed by atoms with Gasteiger partial charge < -0.3 is 10.1 Å². The molecule has 2 nitrogen and oxygen atoms in total. The zero-order valence-corrected chi connectivity index (χ0v) is 10.4. The van der Waals surface area contributed by atoms with Crippen molar-refractivity contribution in [3.05, 3.63) is 29.8 Å². The van der Waals surface area contributed by atoms with Gasteiger partial charge in [0.05, 0.1) is 7.11 Å². The maximum absolute atomic E-state index is 5.16. The first-order valence-corrected chi connectivity index (χ1v) is 6.10. The average Bonchev–Trinajstić information content (AvgIpc) is 3.13. The molecule has 88 valence electrons. The highest BCUT2D eigenvalue weighted by molar-refractivity contribution is 5.28. The summed E-state index contributed by atoms with van der Waals surface area (Å²) in [5, 5.41) is 3.65. The van der Waals surface area contributed by atoms with Gasteiger partial charge in [-0.2, -0.15) is 0 Å². The Labute approximate surface area is 98.0 Å². The average molecular weight is 219 g/mol. The van der Waals surface area contributed by atoms with Crippen molar-refractivity contribution >= 4 is 0 Å². The molecule has 0 bridgehead atoms. The van der Waals surface area contributed by atoms with Gasteiger partial charge >= 0.3 is 0 Å². The Morgan fingerprint density at radius 3 is 2.31 bits per heavy atom. The molecule has 2 rings (SSSR count). The van der Waals surface area contributed by atoms with Gasteiger partial charge in [-0.05, 0) is 50.3 Å². The van der Waals surface area contributed by atoms with E-state index < -0.39 is 0 Å². The van der Waals surface area contributed by atoms with Crippen LogP contribution in [0.5, 0.6) is 5.75 Å². The largest absolute Gasteiger partial charge is 0.497 e. The zero-order valence-electron chi connectivity index (χ0n) is 10.4. The van der Waals surface area contributed by atoms with E-state index in [2.05, 4.69) is 31.3 Å². The first kappa shape index (κ1) is 11.5. The topological polar surface area (TPSA) is 21.3 Å². The summed E-state index contributed by atoms with van der Waals surface area (Å²) in [5.74, 6) is 1.83. The molecule has 0 spiro atoms. The third-order valence-electron chi connectivity index (χ3n) is 3.46. The Hall–Kier alpha value is -1.02. The van der Waals surface area contributed by atoms with Crippen LogP contribution in [-0.2, 0) is 0 Å². The lowest BCUT2D eigenvalue weighted by atomic mass is 10.1. The molecule has 1 saturated carbocycles. The van der Waals surface area contributed by atoms with Crippen LogP contribution in [0.2, 0.25) is 0 Å². The second-order valence-corrected chi connectivity index (χ2v) is 4.79. The fraction of sp³-hybridized carbons (Fsp3) is 0.571. The third-order valence-corrected chi connectivity index (χ3v) is 3.46. The van der Waals surface area contributed by atoms with Crippen LogP contribution >= 0.6 is 0 Å². The summed E-state index contributed by atoms with van der Waals surface area (Å²) in [6.45, 7) is 4.51. The lowest BCUT2D eigenvalue weighted by molar-refractivity contribution is 0.413. The lowest BCUT2D eigenvalue weighted by Crippen LogP contribution is -2.30. The highest BCUT2D eigenvalue weighted by Gasteiger charge is 2.28. The van der Waals surface area contributed by atoms with Crippen LogP contribution in [0.15, 0.2) is 24.3 Å². The smallest absolute Gasteiger partial charge is 0.118 e. The Morgan fingerprint density at radius 1 is 1.19 bits per heavy atom. The first-order valence-electron chi connectivity index (χ1n) is 6.10. The van der Waals surface area contributed by atoms with Crippen LogP contribution in [0.3, 0.4) is 0 Å². The molecule has 0 radical (unpaired) electrons. The minimum absolute atomic E-state index is 0.418. The maximum Gasteiger partial charge on any atom is 0.118 e. The van der Waals surface area contributed by atoms with E-state index in [0.29, 0.717) is 12.1 Å². The van der Waals surface area contributed by atoms with Crippen molar-refractivity contribution in [3.8, 4) is 5.75 Å². The number of hydrogen-bond acceptors (Lipinski definition) is 2. The van der Waals surface area contributed by atoms with Crippen molar-refractivity contribution in [2.75, 3.05) is 7.11 Å². The number of nitrogens with one attached hydrogen (secondary N) is 1. The predicted octanol–water partition coefficient (Wildman–Crippen LogP) is 3.14. The van der Waals surface area contributed by atoms with E-state index in [0.717, 1.165) is 11.7 Å². The van der Waals surface area contributed by atoms with Crippen LogP contribution in [0.1, 0.15) is 38.3 Å². The van der Waals surface area contributed by atoms with Crippen LogP contribution < -0.4 is 10.1 Å². The van der Waals surface area contributed by atoms with Gasteiger partial charge in [-0.15, -0.1) is 0 Å². The van der Waals surface area contributed by atoms with Crippen molar-refractivity contribution in [1.82, 2.24) is 5.32 Å². The van der Waals surface area contributed by atoms with Crippen molar-refractivity contribution in [2.24, 2.45) is 5.92 Å². The molecule has 0 aromatic heterocycles. The summed E-state index contributed by atoms with van der Waals surface area (Å²) in [5.41, 5.74) is 1.33. The van der Waals surface area contributed by atoms with Gasteiger partial charge in [0.15, 0.2) is 0 Å². The highest BCUT2D eigenvalue weighted by atomic mass is 16.5. The molecule has 0 aliphatic heterocycles. The Morgan fingerprint density at radius 2 is 1.81 bits per heavy atom. The summed E-state index contributed by atoms with van der Waals surface area (Å²) in [4.78, 5) is 0. The second-order valence-electron chi connectivity index (χ2n) is 4.79. The molecule has 1 unspecified atom stereocenters. The molecule has 0 amide bonds. The van der Waals surface area contributed by atoms with E-state index in [4.69, 9.17) is 4.74 Å².